The van der Waals surface area contributed by atoms with Crippen molar-refractivity contribution in [1.82, 2.24) is 0 Å². The van der Waals surface area contributed by atoms with Crippen LogP contribution in [0, 0.1) is 0 Å². The highest BCUT2D eigenvalue weighted by Crippen LogP contribution is 1.92. The maximum atomic E-state index is 4.72. The van der Waals surface area contributed by atoms with E-state index < -0.39 is 0 Å². The highest BCUT2D eigenvalue weighted by atomic mass is 16.5. The van der Waals surface area contributed by atoms with Gasteiger partial charge >= 0.3 is 0 Å². The van der Waals surface area contributed by atoms with Crippen molar-refractivity contribution in [2.45, 2.75) is 21.3 Å². The Morgan fingerprint density at radius 2 is 1.17 bits per heavy atom. The third kappa shape index (κ3) is 2.21. The molecule has 1 nitrogen and oxygen atoms in total. The molecule has 6 heavy (non-hydrogen) atoms. The van der Waals surface area contributed by atoms with Crippen LogP contribution < -0.4 is 0 Å². The lowest BCUT2D eigenvalue weighted by Crippen LogP contribution is -2.09. The maximum Gasteiger partial charge on any atom is 0.0488 e. The van der Waals surface area contributed by atoms with Gasteiger partial charge in [-0.15, -0.1) is 0 Å². The first-order chi connectivity index (χ1) is 2.00. The number of hydrogen-bond acceptors (Lipinski definition) is 1. The molecule has 1 heterocycles. The molecule has 0 unspecified atom stereocenters. The fraction of sp³-hybridized carbons (Fsp3) is 1.00. The average Bonchev–Trinajstić information content (AvgIpc) is 0.722. The summed E-state index contributed by atoms with van der Waals surface area (Å²) in [6, 6.07) is 0. The minimum Gasteiger partial charge on any atom is -0.381 e. The average molecular weight is 90.2 g/mol. The molecule has 1 aliphatic rings. The zero-order valence-electron chi connectivity index (χ0n) is 2.53. The maximum absolute atomic E-state index is 4.72. The van der Waals surface area contributed by atoms with Crippen LogP contribution in [-0.2, 0) is 4.74 Å². The summed E-state index contributed by atoms with van der Waals surface area (Å²) in [5.74, 6) is 0. The van der Waals surface area contributed by atoms with Crippen molar-refractivity contribution in [2.24, 2.45) is 0 Å². The lowest BCUT2D eigenvalue weighted by Gasteiger charge is -2.09. The van der Waals surface area contributed by atoms with Crippen LogP contribution in [0.5, 0.6) is 0 Å². The highest BCUT2D eigenvalue weighted by Gasteiger charge is 1.94. The standard InChI is InChI=1S/C3H6O.2CH4/c1-2-4-3-1;;/h1-3H2;2*1H4. The van der Waals surface area contributed by atoms with Gasteiger partial charge in [-0.1, -0.05) is 14.9 Å². The summed E-state index contributed by atoms with van der Waals surface area (Å²) in [5, 5.41) is 0. The normalized spacial score (nSPS) is 16.0. The predicted octanol–water partition coefficient (Wildman–Crippen LogP) is 1.68. The Morgan fingerprint density at radius 1 is 1.00 bits per heavy atom. The molecule has 0 saturated carbocycles. The van der Waals surface area contributed by atoms with Gasteiger partial charge in [0.05, 0.1) is 0 Å². The van der Waals surface area contributed by atoms with Crippen LogP contribution in [0.1, 0.15) is 21.3 Å². The molecule has 0 aromatic heterocycles. The molecule has 0 bridgehead atoms. The summed E-state index contributed by atoms with van der Waals surface area (Å²) in [7, 11) is 0. The monoisotopic (exact) mass is 90.1 g/mol. The Balaban J connectivity index is 0. The van der Waals surface area contributed by atoms with Crippen LogP contribution in [-0.4, -0.2) is 13.2 Å². The summed E-state index contributed by atoms with van der Waals surface area (Å²) >= 11 is 0. The molecule has 0 N–H and O–H groups in total. The molecule has 1 rings (SSSR count). The molecule has 1 saturated heterocycles. The Kier molecular flexibility index (Phi) is 7.73. The van der Waals surface area contributed by atoms with E-state index in [2.05, 4.69) is 0 Å². The number of hydrogen-bond donors (Lipinski definition) is 0. The predicted molar refractivity (Wildman–Crippen MR) is 28.9 cm³/mol. The summed E-state index contributed by atoms with van der Waals surface area (Å²) in [4.78, 5) is 0. The second-order valence-corrected chi connectivity index (χ2v) is 0.966. The van der Waals surface area contributed by atoms with Gasteiger partial charge in [0.2, 0.25) is 0 Å². The van der Waals surface area contributed by atoms with E-state index in [1.54, 1.807) is 0 Å². The zero-order valence-corrected chi connectivity index (χ0v) is 2.53. The molecular weight excluding hydrogens is 76.1 g/mol. The van der Waals surface area contributed by atoms with Gasteiger partial charge in [-0.25, -0.2) is 0 Å². The van der Waals surface area contributed by atoms with Crippen molar-refractivity contribution in [1.29, 1.82) is 0 Å². The minimum absolute atomic E-state index is 0. The molecule has 0 radical (unpaired) electrons. The Hall–Kier alpha value is -0.0400. The Bertz CT molecular complexity index is 11.9. The molecule has 0 spiro atoms. The Labute approximate surface area is 40.3 Å². The summed E-state index contributed by atoms with van der Waals surface area (Å²) in [5.41, 5.74) is 0. The molecular formula is C5H14O. The fourth-order valence-electron chi connectivity index (χ4n) is 0.144. The van der Waals surface area contributed by atoms with Crippen LogP contribution in [0.25, 0.3) is 0 Å². The van der Waals surface area contributed by atoms with E-state index in [1.165, 1.54) is 6.42 Å². The molecule has 1 aliphatic heterocycles. The minimum atomic E-state index is 0. The molecule has 0 atom stereocenters. The third-order valence-electron chi connectivity index (χ3n) is 0.577. The summed E-state index contributed by atoms with van der Waals surface area (Å²) < 4.78 is 4.72. The molecule has 0 aromatic carbocycles. The van der Waals surface area contributed by atoms with Crippen LogP contribution in [0.15, 0.2) is 0 Å². The van der Waals surface area contributed by atoms with Gasteiger partial charge in [-0.05, 0) is 6.42 Å². The zero-order chi connectivity index (χ0) is 2.83. The van der Waals surface area contributed by atoms with E-state index in [-0.39, 0.29) is 14.9 Å². The summed E-state index contributed by atoms with van der Waals surface area (Å²) in [6.45, 7) is 2.00. The van der Waals surface area contributed by atoms with Crippen molar-refractivity contribution in [2.75, 3.05) is 13.2 Å². The number of rotatable bonds is 0. The van der Waals surface area contributed by atoms with Crippen LogP contribution in [0.3, 0.4) is 0 Å². The number of ether oxygens (including phenoxy) is 1. The first kappa shape index (κ1) is 9.35. The quantitative estimate of drug-likeness (QED) is 0.439. The van der Waals surface area contributed by atoms with E-state index in [4.69, 9.17) is 4.74 Å². The van der Waals surface area contributed by atoms with Crippen LogP contribution in [0.4, 0.5) is 0 Å². The molecule has 1 heteroatoms. The van der Waals surface area contributed by atoms with Gasteiger partial charge in [0.1, 0.15) is 0 Å². The molecule has 0 aliphatic carbocycles. The van der Waals surface area contributed by atoms with E-state index >= 15 is 0 Å². The van der Waals surface area contributed by atoms with Gasteiger partial charge in [0.15, 0.2) is 0 Å². The molecule has 40 valence electrons. The van der Waals surface area contributed by atoms with Crippen molar-refractivity contribution in [3.63, 3.8) is 0 Å². The lowest BCUT2D eigenvalue weighted by atomic mass is 10.4. The van der Waals surface area contributed by atoms with Gasteiger partial charge in [-0.2, -0.15) is 0 Å². The van der Waals surface area contributed by atoms with Gasteiger partial charge in [-0.3, -0.25) is 0 Å². The van der Waals surface area contributed by atoms with Crippen molar-refractivity contribution in [3.8, 4) is 0 Å². The van der Waals surface area contributed by atoms with Gasteiger partial charge in [0.25, 0.3) is 0 Å². The smallest absolute Gasteiger partial charge is 0.0488 e. The molecule has 1 fully saturated rings. The first-order valence-electron chi connectivity index (χ1n) is 1.58. The van der Waals surface area contributed by atoms with Gasteiger partial charge in [0, 0.05) is 13.2 Å². The van der Waals surface area contributed by atoms with Gasteiger partial charge < -0.3 is 4.74 Å². The molecule has 0 amide bonds. The van der Waals surface area contributed by atoms with Crippen molar-refractivity contribution < 1.29 is 4.74 Å². The first-order valence-corrected chi connectivity index (χ1v) is 1.58. The van der Waals surface area contributed by atoms with Crippen molar-refractivity contribution >= 4 is 0 Å². The van der Waals surface area contributed by atoms with E-state index in [1.807, 2.05) is 0 Å². The van der Waals surface area contributed by atoms with E-state index in [9.17, 15) is 0 Å². The largest absolute Gasteiger partial charge is 0.381 e. The van der Waals surface area contributed by atoms with E-state index in [0.29, 0.717) is 0 Å². The second-order valence-electron chi connectivity index (χ2n) is 0.966. The Morgan fingerprint density at radius 3 is 1.17 bits per heavy atom. The van der Waals surface area contributed by atoms with Crippen LogP contribution in [0.2, 0.25) is 0 Å². The van der Waals surface area contributed by atoms with Crippen LogP contribution >= 0.6 is 0 Å². The topological polar surface area (TPSA) is 9.23 Å². The highest BCUT2D eigenvalue weighted by molar-refractivity contribution is 4.41. The fourth-order valence-corrected chi connectivity index (χ4v) is 0.144. The summed E-state index contributed by atoms with van der Waals surface area (Å²) in [6.07, 6.45) is 1.28. The second kappa shape index (κ2) is 4.96. The van der Waals surface area contributed by atoms with Crippen molar-refractivity contribution in [3.05, 3.63) is 0 Å². The third-order valence-corrected chi connectivity index (χ3v) is 0.577. The SMILES string of the molecule is C.C.C1COC1. The molecule has 0 aromatic rings. The van der Waals surface area contributed by atoms with E-state index in [0.717, 1.165) is 13.2 Å². The lowest BCUT2D eigenvalue weighted by molar-refractivity contribution is 0.0367.